The third kappa shape index (κ3) is 3.98. The van der Waals surface area contributed by atoms with Crippen molar-refractivity contribution in [2.75, 3.05) is 6.61 Å². The molecule has 0 aliphatic carbocycles. The van der Waals surface area contributed by atoms with Crippen LogP contribution in [0, 0.1) is 18.2 Å². The number of benzene rings is 1. The SMILES string of the molecule is C#CCOC(=O)/C=C/c1ccc(-c2ccc(F)c(Cl)c2)o1. The van der Waals surface area contributed by atoms with Gasteiger partial charge in [0, 0.05) is 11.6 Å². The van der Waals surface area contributed by atoms with Crippen LogP contribution < -0.4 is 0 Å². The summed E-state index contributed by atoms with van der Waals surface area (Å²) in [6.07, 6.45) is 7.63. The molecule has 106 valence electrons. The van der Waals surface area contributed by atoms with E-state index < -0.39 is 11.8 Å². The fourth-order valence-corrected chi connectivity index (χ4v) is 1.74. The number of hydrogen-bond donors (Lipinski definition) is 0. The predicted octanol–water partition coefficient (Wildman–Crippen LogP) is 3.93. The van der Waals surface area contributed by atoms with Crippen molar-refractivity contribution >= 4 is 23.6 Å². The van der Waals surface area contributed by atoms with Crippen molar-refractivity contribution in [3.63, 3.8) is 0 Å². The monoisotopic (exact) mass is 304 g/mol. The highest BCUT2D eigenvalue weighted by Gasteiger charge is 2.07. The van der Waals surface area contributed by atoms with Crippen molar-refractivity contribution in [2.24, 2.45) is 0 Å². The van der Waals surface area contributed by atoms with Crippen molar-refractivity contribution in [2.45, 2.75) is 0 Å². The van der Waals surface area contributed by atoms with Crippen LogP contribution in [0.3, 0.4) is 0 Å². The molecule has 1 aromatic heterocycles. The summed E-state index contributed by atoms with van der Waals surface area (Å²) in [6.45, 7) is -0.0827. The molecule has 2 rings (SSSR count). The molecule has 1 aromatic carbocycles. The highest BCUT2D eigenvalue weighted by molar-refractivity contribution is 6.31. The zero-order chi connectivity index (χ0) is 15.2. The van der Waals surface area contributed by atoms with Gasteiger partial charge in [-0.3, -0.25) is 0 Å². The molecule has 0 amide bonds. The van der Waals surface area contributed by atoms with Gasteiger partial charge in [0.1, 0.15) is 17.3 Å². The Morgan fingerprint density at radius 1 is 1.43 bits per heavy atom. The lowest BCUT2D eigenvalue weighted by molar-refractivity contribution is -0.136. The maximum Gasteiger partial charge on any atom is 0.331 e. The Hall–Kier alpha value is -2.51. The predicted molar refractivity (Wildman–Crippen MR) is 77.9 cm³/mol. The van der Waals surface area contributed by atoms with E-state index in [1.54, 1.807) is 18.2 Å². The molecule has 0 unspecified atom stereocenters. The van der Waals surface area contributed by atoms with E-state index in [1.807, 2.05) is 0 Å². The summed E-state index contributed by atoms with van der Waals surface area (Å²) in [6, 6.07) is 7.62. The lowest BCUT2D eigenvalue weighted by atomic mass is 10.2. The molecule has 0 bridgehead atoms. The summed E-state index contributed by atoms with van der Waals surface area (Å²) in [5.74, 6) is 2.09. The first-order valence-electron chi connectivity index (χ1n) is 5.93. The first-order chi connectivity index (χ1) is 10.1. The molecule has 0 N–H and O–H groups in total. The van der Waals surface area contributed by atoms with Crippen LogP contribution in [0.4, 0.5) is 4.39 Å². The molecule has 0 saturated carbocycles. The Kier molecular flexibility index (Phi) is 4.81. The van der Waals surface area contributed by atoms with Gasteiger partial charge in [-0.25, -0.2) is 9.18 Å². The normalized spacial score (nSPS) is 10.5. The third-order valence-corrected chi connectivity index (χ3v) is 2.80. The van der Waals surface area contributed by atoms with Gasteiger partial charge in [-0.05, 0) is 36.4 Å². The van der Waals surface area contributed by atoms with Crippen LogP contribution in [0.25, 0.3) is 17.4 Å². The Morgan fingerprint density at radius 3 is 2.95 bits per heavy atom. The quantitative estimate of drug-likeness (QED) is 0.488. The van der Waals surface area contributed by atoms with Gasteiger partial charge in [0.15, 0.2) is 6.61 Å². The number of furan rings is 1. The number of esters is 1. The van der Waals surface area contributed by atoms with Gasteiger partial charge in [0.25, 0.3) is 0 Å². The minimum Gasteiger partial charge on any atom is -0.457 e. The van der Waals surface area contributed by atoms with Crippen LogP contribution in [0.1, 0.15) is 5.76 Å². The molecular weight excluding hydrogens is 295 g/mol. The highest BCUT2D eigenvalue weighted by atomic mass is 35.5. The zero-order valence-corrected chi connectivity index (χ0v) is 11.6. The van der Waals surface area contributed by atoms with Gasteiger partial charge in [-0.1, -0.05) is 17.5 Å². The first kappa shape index (κ1) is 14.9. The topological polar surface area (TPSA) is 39.4 Å². The van der Waals surface area contributed by atoms with Gasteiger partial charge in [-0.2, -0.15) is 0 Å². The third-order valence-electron chi connectivity index (χ3n) is 2.51. The van der Waals surface area contributed by atoms with Crippen molar-refractivity contribution in [3.8, 4) is 23.7 Å². The first-order valence-corrected chi connectivity index (χ1v) is 6.31. The zero-order valence-electron chi connectivity index (χ0n) is 10.8. The smallest absolute Gasteiger partial charge is 0.331 e. The second-order valence-corrected chi connectivity index (χ2v) is 4.38. The molecule has 3 nitrogen and oxygen atoms in total. The van der Waals surface area contributed by atoms with Gasteiger partial charge in [-0.15, -0.1) is 6.42 Å². The number of rotatable bonds is 4. The van der Waals surface area contributed by atoms with E-state index in [1.165, 1.54) is 24.3 Å². The summed E-state index contributed by atoms with van der Waals surface area (Å²) in [5.41, 5.74) is 0.635. The van der Waals surface area contributed by atoms with Crippen LogP contribution in [0.5, 0.6) is 0 Å². The van der Waals surface area contributed by atoms with Crippen LogP contribution in [-0.2, 0) is 9.53 Å². The molecular formula is C16H10ClFO3. The molecule has 0 fully saturated rings. The molecule has 0 radical (unpaired) electrons. The lowest BCUT2D eigenvalue weighted by Gasteiger charge is -1.98. The van der Waals surface area contributed by atoms with Gasteiger partial charge in [0.2, 0.25) is 0 Å². The maximum atomic E-state index is 13.1. The number of ether oxygens (including phenoxy) is 1. The summed E-state index contributed by atoms with van der Waals surface area (Å²) in [7, 11) is 0. The standard InChI is InChI=1S/C16H10ClFO3/c1-2-9-20-16(19)8-5-12-4-7-15(21-12)11-3-6-14(18)13(17)10-11/h1,3-8,10H,9H2/b8-5+. The van der Waals surface area contributed by atoms with E-state index in [4.69, 9.17) is 22.4 Å². The molecule has 0 aliphatic heterocycles. The second-order valence-electron chi connectivity index (χ2n) is 3.98. The van der Waals surface area contributed by atoms with Crippen molar-refractivity contribution in [1.29, 1.82) is 0 Å². The van der Waals surface area contributed by atoms with E-state index in [2.05, 4.69) is 10.7 Å². The number of terminal acetylenes is 1. The number of carbonyl (C=O) groups is 1. The molecule has 0 atom stereocenters. The average molecular weight is 305 g/mol. The minimum atomic E-state index is -0.560. The minimum absolute atomic E-state index is 0.0128. The Morgan fingerprint density at radius 2 is 2.24 bits per heavy atom. The van der Waals surface area contributed by atoms with Crippen LogP contribution in [0.2, 0.25) is 5.02 Å². The fourth-order valence-electron chi connectivity index (χ4n) is 1.56. The van der Waals surface area contributed by atoms with Gasteiger partial charge < -0.3 is 9.15 Å². The molecule has 21 heavy (non-hydrogen) atoms. The van der Waals surface area contributed by atoms with Crippen LogP contribution in [-0.4, -0.2) is 12.6 Å². The number of halogens is 2. The number of carbonyl (C=O) groups excluding carboxylic acids is 1. The molecule has 1 heterocycles. The van der Waals surface area contributed by atoms with Crippen LogP contribution >= 0.6 is 11.6 Å². The van der Waals surface area contributed by atoms with Gasteiger partial charge in [0.05, 0.1) is 5.02 Å². The summed E-state index contributed by atoms with van der Waals surface area (Å²) in [4.78, 5) is 11.2. The Labute approximate surface area is 126 Å². The van der Waals surface area contributed by atoms with E-state index in [0.717, 1.165) is 0 Å². The summed E-state index contributed by atoms with van der Waals surface area (Å²) < 4.78 is 23.3. The van der Waals surface area contributed by atoms with Crippen molar-refractivity contribution < 1.29 is 18.3 Å². The van der Waals surface area contributed by atoms with E-state index >= 15 is 0 Å². The summed E-state index contributed by atoms with van der Waals surface area (Å²) >= 11 is 5.71. The van der Waals surface area contributed by atoms with E-state index in [0.29, 0.717) is 17.1 Å². The molecule has 0 saturated heterocycles. The molecule has 5 heteroatoms. The Bertz CT molecular complexity index is 725. The fraction of sp³-hybridized carbons (Fsp3) is 0.0625. The van der Waals surface area contributed by atoms with Crippen molar-refractivity contribution in [3.05, 3.63) is 53.0 Å². The van der Waals surface area contributed by atoms with Crippen molar-refractivity contribution in [1.82, 2.24) is 0 Å². The largest absolute Gasteiger partial charge is 0.457 e. The molecule has 0 aliphatic rings. The highest BCUT2D eigenvalue weighted by Crippen LogP contribution is 2.26. The molecule has 2 aromatic rings. The van der Waals surface area contributed by atoms with Crippen LogP contribution in [0.15, 0.2) is 40.8 Å². The van der Waals surface area contributed by atoms with E-state index in [9.17, 15) is 9.18 Å². The number of hydrogen-bond acceptors (Lipinski definition) is 3. The molecule has 0 spiro atoms. The lowest BCUT2D eigenvalue weighted by Crippen LogP contribution is -1.99. The van der Waals surface area contributed by atoms with E-state index in [-0.39, 0.29) is 11.6 Å². The second kappa shape index (κ2) is 6.78. The Balaban J connectivity index is 2.11. The average Bonchev–Trinajstić information content (AvgIpc) is 2.94. The maximum absolute atomic E-state index is 13.1. The van der Waals surface area contributed by atoms with Gasteiger partial charge >= 0.3 is 5.97 Å². The summed E-state index contributed by atoms with van der Waals surface area (Å²) in [5, 5.41) is 0.0128.